The van der Waals surface area contributed by atoms with Gasteiger partial charge in [0.05, 0.1) is 17.2 Å². The van der Waals surface area contributed by atoms with Gasteiger partial charge in [0.15, 0.2) is 11.5 Å². The van der Waals surface area contributed by atoms with Crippen LogP contribution in [0.1, 0.15) is 28.4 Å². The minimum Gasteiger partial charge on any atom is -0.490 e. The molecule has 0 saturated carbocycles. The summed E-state index contributed by atoms with van der Waals surface area (Å²) in [5, 5.41) is 13.2. The Kier molecular flexibility index (Phi) is 8.07. The predicted octanol–water partition coefficient (Wildman–Crippen LogP) is 7.04. The molecule has 0 fully saturated rings. The number of carboxylic acid groups (broad SMARTS) is 1. The van der Waals surface area contributed by atoms with Crippen LogP contribution in [0.2, 0.25) is 10.0 Å². The molecule has 3 aromatic carbocycles. The molecule has 5 nitrogen and oxygen atoms in total. The molecule has 0 atom stereocenters. The first-order chi connectivity index (χ1) is 14.9. The van der Waals surface area contributed by atoms with Gasteiger partial charge in [-0.05, 0) is 48.9 Å². The number of carboxylic acids is 1. The number of nitrogens with one attached hydrogen (secondary N) is 1. The zero-order valence-corrected chi connectivity index (χ0v) is 19.7. The van der Waals surface area contributed by atoms with E-state index in [0.29, 0.717) is 42.0 Å². The summed E-state index contributed by atoms with van der Waals surface area (Å²) in [7, 11) is 0. The molecule has 0 unspecified atom stereocenters. The summed E-state index contributed by atoms with van der Waals surface area (Å²) in [5.74, 6) is 0.160. The molecule has 2 N–H and O–H groups in total. The molecular weight excluding hydrogens is 505 g/mol. The number of aromatic carboxylic acids is 1. The number of hydrogen-bond acceptors (Lipinski definition) is 4. The lowest BCUT2D eigenvalue weighted by Gasteiger charge is -2.16. The second-order valence-electron chi connectivity index (χ2n) is 6.56. The maximum absolute atomic E-state index is 11.1. The minimum absolute atomic E-state index is 0.0621. The fourth-order valence-electron chi connectivity index (χ4n) is 2.86. The number of carbonyl (C=O) groups is 1. The van der Waals surface area contributed by atoms with Crippen LogP contribution in [0.25, 0.3) is 0 Å². The number of benzene rings is 3. The number of rotatable bonds is 9. The van der Waals surface area contributed by atoms with Crippen molar-refractivity contribution in [2.45, 2.75) is 20.1 Å². The van der Waals surface area contributed by atoms with Crippen LogP contribution in [0.15, 0.2) is 59.1 Å². The quantitative estimate of drug-likeness (QED) is 0.314. The van der Waals surface area contributed by atoms with Gasteiger partial charge in [0.25, 0.3) is 0 Å². The number of anilines is 1. The van der Waals surface area contributed by atoms with Gasteiger partial charge in [0, 0.05) is 27.3 Å². The third-order valence-corrected chi connectivity index (χ3v) is 5.86. The van der Waals surface area contributed by atoms with Crippen molar-refractivity contribution >= 4 is 50.8 Å². The van der Waals surface area contributed by atoms with Gasteiger partial charge in [-0.25, -0.2) is 4.79 Å². The van der Waals surface area contributed by atoms with Crippen LogP contribution >= 0.6 is 39.1 Å². The van der Waals surface area contributed by atoms with Crippen LogP contribution in [-0.2, 0) is 13.2 Å². The molecule has 0 amide bonds. The third-order valence-electron chi connectivity index (χ3n) is 4.44. The van der Waals surface area contributed by atoms with E-state index in [9.17, 15) is 4.79 Å². The molecule has 0 bridgehead atoms. The van der Waals surface area contributed by atoms with Crippen LogP contribution in [-0.4, -0.2) is 17.7 Å². The van der Waals surface area contributed by atoms with Gasteiger partial charge in [0.2, 0.25) is 0 Å². The van der Waals surface area contributed by atoms with Gasteiger partial charge in [-0.15, -0.1) is 0 Å². The molecule has 162 valence electrons. The van der Waals surface area contributed by atoms with E-state index < -0.39 is 5.97 Å². The standard InChI is InChI=1S/C23H20BrCl2NO4/c1-2-30-21-9-15(12-27-16-7-8-17(23(28)29)20(26)10-16)18(24)11-22(21)31-13-14-5-3-4-6-19(14)25/h3-11,27H,2,12-13H2,1H3,(H,28,29). The van der Waals surface area contributed by atoms with Crippen LogP contribution in [0.3, 0.4) is 0 Å². The molecule has 0 aliphatic rings. The fraction of sp³-hybridized carbons (Fsp3) is 0.174. The molecule has 0 saturated heterocycles. The van der Waals surface area contributed by atoms with Gasteiger partial charge in [-0.3, -0.25) is 0 Å². The second-order valence-corrected chi connectivity index (χ2v) is 8.23. The Hall–Kier alpha value is -2.41. The maximum atomic E-state index is 11.1. The van der Waals surface area contributed by atoms with Crippen molar-refractivity contribution < 1.29 is 19.4 Å². The highest BCUT2D eigenvalue weighted by atomic mass is 79.9. The summed E-state index contributed by atoms with van der Waals surface area (Å²) in [6, 6.07) is 16.0. The summed E-state index contributed by atoms with van der Waals surface area (Å²) in [5.41, 5.74) is 2.59. The van der Waals surface area contributed by atoms with E-state index in [1.165, 1.54) is 6.07 Å². The Labute approximate surface area is 199 Å². The van der Waals surface area contributed by atoms with E-state index in [1.807, 2.05) is 43.3 Å². The summed E-state index contributed by atoms with van der Waals surface area (Å²) in [6.07, 6.45) is 0. The molecule has 3 rings (SSSR count). The van der Waals surface area contributed by atoms with Crippen molar-refractivity contribution in [1.82, 2.24) is 0 Å². The highest BCUT2D eigenvalue weighted by Crippen LogP contribution is 2.35. The fourth-order valence-corrected chi connectivity index (χ4v) is 3.77. The van der Waals surface area contributed by atoms with E-state index >= 15 is 0 Å². The second kappa shape index (κ2) is 10.8. The molecule has 31 heavy (non-hydrogen) atoms. The Bertz CT molecular complexity index is 1090. The lowest BCUT2D eigenvalue weighted by molar-refractivity contribution is 0.0697. The van der Waals surface area contributed by atoms with Gasteiger partial charge in [-0.2, -0.15) is 0 Å². The van der Waals surface area contributed by atoms with E-state index in [4.69, 9.17) is 37.8 Å². The first-order valence-corrected chi connectivity index (χ1v) is 11.0. The Morgan fingerprint density at radius 2 is 1.74 bits per heavy atom. The summed E-state index contributed by atoms with van der Waals surface area (Å²) in [4.78, 5) is 11.1. The number of halogens is 3. The van der Waals surface area contributed by atoms with E-state index in [0.717, 1.165) is 15.6 Å². The Morgan fingerprint density at radius 1 is 1.00 bits per heavy atom. The van der Waals surface area contributed by atoms with Gasteiger partial charge >= 0.3 is 5.97 Å². The lowest BCUT2D eigenvalue weighted by Crippen LogP contribution is -2.05. The normalized spacial score (nSPS) is 10.6. The molecule has 0 aliphatic heterocycles. The Morgan fingerprint density at radius 3 is 2.42 bits per heavy atom. The molecule has 8 heteroatoms. The van der Waals surface area contributed by atoms with Gasteiger partial charge < -0.3 is 19.9 Å². The highest BCUT2D eigenvalue weighted by molar-refractivity contribution is 9.10. The van der Waals surface area contributed by atoms with E-state index in [1.54, 1.807) is 12.1 Å². The van der Waals surface area contributed by atoms with Gasteiger partial charge in [-0.1, -0.05) is 57.3 Å². The zero-order valence-electron chi connectivity index (χ0n) is 16.6. The average Bonchev–Trinajstić information content (AvgIpc) is 2.73. The van der Waals surface area contributed by atoms with E-state index in [2.05, 4.69) is 21.2 Å². The zero-order chi connectivity index (χ0) is 22.4. The largest absolute Gasteiger partial charge is 0.490 e. The van der Waals surface area contributed by atoms with Crippen molar-refractivity contribution in [3.8, 4) is 11.5 Å². The smallest absolute Gasteiger partial charge is 0.337 e. The lowest BCUT2D eigenvalue weighted by atomic mass is 10.1. The van der Waals surface area contributed by atoms with Crippen molar-refractivity contribution in [2.75, 3.05) is 11.9 Å². The van der Waals surface area contributed by atoms with Crippen molar-refractivity contribution in [3.63, 3.8) is 0 Å². The highest BCUT2D eigenvalue weighted by Gasteiger charge is 2.13. The minimum atomic E-state index is -1.06. The summed E-state index contributed by atoms with van der Waals surface area (Å²) < 4.78 is 12.6. The van der Waals surface area contributed by atoms with E-state index in [-0.39, 0.29) is 10.6 Å². The topological polar surface area (TPSA) is 67.8 Å². The van der Waals surface area contributed by atoms with Crippen molar-refractivity contribution in [3.05, 3.63) is 85.8 Å². The molecule has 0 radical (unpaired) electrons. The molecule has 0 heterocycles. The first kappa shape index (κ1) is 23.3. The molecule has 0 aliphatic carbocycles. The van der Waals surface area contributed by atoms with Crippen molar-refractivity contribution in [2.24, 2.45) is 0 Å². The molecule has 0 spiro atoms. The van der Waals surface area contributed by atoms with Crippen LogP contribution in [0.5, 0.6) is 11.5 Å². The summed E-state index contributed by atoms with van der Waals surface area (Å²) >= 11 is 15.8. The maximum Gasteiger partial charge on any atom is 0.337 e. The Balaban J connectivity index is 1.75. The molecule has 3 aromatic rings. The van der Waals surface area contributed by atoms with Crippen molar-refractivity contribution in [1.29, 1.82) is 0 Å². The van der Waals surface area contributed by atoms with Crippen LogP contribution in [0, 0.1) is 0 Å². The van der Waals surface area contributed by atoms with Gasteiger partial charge in [0.1, 0.15) is 6.61 Å². The molecule has 0 aromatic heterocycles. The first-order valence-electron chi connectivity index (χ1n) is 9.47. The number of ether oxygens (including phenoxy) is 2. The summed E-state index contributed by atoms with van der Waals surface area (Å²) in [6.45, 7) is 3.18. The number of hydrogen-bond donors (Lipinski definition) is 2. The molecular formula is C23H20BrCl2NO4. The monoisotopic (exact) mass is 523 g/mol. The van der Waals surface area contributed by atoms with Crippen LogP contribution < -0.4 is 14.8 Å². The van der Waals surface area contributed by atoms with Crippen LogP contribution in [0.4, 0.5) is 5.69 Å². The SMILES string of the molecule is CCOc1cc(CNc2ccc(C(=O)O)c(Cl)c2)c(Br)cc1OCc1ccccc1Cl. The third kappa shape index (κ3) is 6.06. The average molecular weight is 525 g/mol. The predicted molar refractivity (Wildman–Crippen MR) is 127 cm³/mol.